The molecule has 0 saturated heterocycles. The first-order valence-corrected chi connectivity index (χ1v) is 7.10. The molecule has 2 aromatic heterocycles. The minimum atomic E-state index is -0.394. The summed E-state index contributed by atoms with van der Waals surface area (Å²) in [6.07, 6.45) is 4.99. The van der Waals surface area contributed by atoms with Gasteiger partial charge in [-0.05, 0) is 29.8 Å². The fraction of sp³-hybridized carbons (Fsp3) is 0.125. The van der Waals surface area contributed by atoms with Crippen LogP contribution in [0.2, 0.25) is 5.02 Å². The lowest BCUT2D eigenvalue weighted by Crippen LogP contribution is -2.30. The molecule has 112 valence electrons. The number of carbonyl (C=O) groups excluding carboxylic acids is 1. The van der Waals surface area contributed by atoms with Gasteiger partial charge in [0.15, 0.2) is 5.76 Å². The number of imidazole rings is 1. The van der Waals surface area contributed by atoms with Crippen molar-refractivity contribution in [2.24, 2.45) is 7.05 Å². The Bertz CT molecular complexity index is 763. The second-order valence-electron chi connectivity index (χ2n) is 4.83. The third-order valence-corrected chi connectivity index (χ3v) is 3.59. The summed E-state index contributed by atoms with van der Waals surface area (Å²) in [5.74, 6) is 0.684. The fourth-order valence-electron chi connectivity index (χ4n) is 2.22. The standard InChI is InChI=1S/C16H14ClN3O2/c1-20-9-8-18-15(20)14(11-4-6-12(17)7-5-11)19-16(21)13-3-2-10-22-13/h2-10,14H,1H3,(H,19,21). The maximum absolute atomic E-state index is 12.3. The lowest BCUT2D eigenvalue weighted by molar-refractivity contribution is 0.0913. The fourth-order valence-corrected chi connectivity index (χ4v) is 2.34. The molecule has 3 aromatic rings. The molecule has 5 nitrogen and oxygen atoms in total. The average molecular weight is 316 g/mol. The van der Waals surface area contributed by atoms with Crippen molar-refractivity contribution in [3.63, 3.8) is 0 Å². The first kappa shape index (κ1) is 14.4. The Balaban J connectivity index is 1.95. The molecule has 3 rings (SSSR count). The van der Waals surface area contributed by atoms with Crippen LogP contribution in [0.15, 0.2) is 59.5 Å². The van der Waals surface area contributed by atoms with Gasteiger partial charge in [-0.15, -0.1) is 0 Å². The van der Waals surface area contributed by atoms with Gasteiger partial charge >= 0.3 is 0 Å². The molecular weight excluding hydrogens is 302 g/mol. The minimum absolute atomic E-state index is 0.258. The van der Waals surface area contributed by atoms with Gasteiger partial charge in [0, 0.05) is 24.5 Å². The maximum Gasteiger partial charge on any atom is 0.287 e. The van der Waals surface area contributed by atoms with Crippen LogP contribution in [0, 0.1) is 0 Å². The normalized spacial score (nSPS) is 12.1. The van der Waals surface area contributed by atoms with Gasteiger partial charge in [0.1, 0.15) is 11.9 Å². The molecule has 22 heavy (non-hydrogen) atoms. The maximum atomic E-state index is 12.3. The quantitative estimate of drug-likeness (QED) is 0.804. The average Bonchev–Trinajstić information content (AvgIpc) is 3.17. The number of rotatable bonds is 4. The number of amides is 1. The van der Waals surface area contributed by atoms with Crippen LogP contribution in [0.5, 0.6) is 0 Å². The molecule has 0 fully saturated rings. The molecule has 0 saturated carbocycles. The third kappa shape index (κ3) is 2.89. The molecule has 1 unspecified atom stereocenters. The number of hydrogen-bond donors (Lipinski definition) is 1. The van der Waals surface area contributed by atoms with E-state index in [1.165, 1.54) is 6.26 Å². The van der Waals surface area contributed by atoms with E-state index in [-0.39, 0.29) is 11.7 Å². The van der Waals surface area contributed by atoms with E-state index >= 15 is 0 Å². The van der Waals surface area contributed by atoms with Crippen molar-refractivity contribution >= 4 is 17.5 Å². The monoisotopic (exact) mass is 315 g/mol. The molecule has 0 aliphatic heterocycles. The van der Waals surface area contributed by atoms with Gasteiger partial charge in [0.2, 0.25) is 0 Å². The minimum Gasteiger partial charge on any atom is -0.459 e. The summed E-state index contributed by atoms with van der Waals surface area (Å²) in [6, 6.07) is 10.2. The van der Waals surface area contributed by atoms with Crippen LogP contribution in [0.25, 0.3) is 0 Å². The first-order valence-electron chi connectivity index (χ1n) is 6.72. The summed E-state index contributed by atoms with van der Waals surface area (Å²) in [4.78, 5) is 16.6. The molecule has 0 aliphatic rings. The lowest BCUT2D eigenvalue weighted by Gasteiger charge is -2.18. The Labute approximate surface area is 132 Å². The molecule has 0 spiro atoms. The molecular formula is C16H14ClN3O2. The van der Waals surface area contributed by atoms with Crippen LogP contribution in [0.4, 0.5) is 0 Å². The van der Waals surface area contributed by atoms with Crippen LogP contribution >= 0.6 is 11.6 Å². The second kappa shape index (κ2) is 6.07. The topological polar surface area (TPSA) is 60.1 Å². The Morgan fingerprint density at radius 1 is 1.32 bits per heavy atom. The first-order chi connectivity index (χ1) is 10.6. The second-order valence-corrected chi connectivity index (χ2v) is 5.27. The molecule has 0 radical (unpaired) electrons. The van der Waals surface area contributed by atoms with E-state index in [1.807, 2.05) is 29.9 Å². The largest absolute Gasteiger partial charge is 0.459 e. The van der Waals surface area contributed by atoms with Crippen molar-refractivity contribution in [1.82, 2.24) is 14.9 Å². The molecule has 6 heteroatoms. The van der Waals surface area contributed by atoms with Crippen molar-refractivity contribution < 1.29 is 9.21 Å². The Kier molecular flexibility index (Phi) is 3.98. The van der Waals surface area contributed by atoms with Crippen LogP contribution < -0.4 is 5.32 Å². The van der Waals surface area contributed by atoms with E-state index < -0.39 is 6.04 Å². The van der Waals surface area contributed by atoms with Crippen LogP contribution in [-0.4, -0.2) is 15.5 Å². The van der Waals surface area contributed by atoms with E-state index in [1.54, 1.807) is 30.5 Å². The lowest BCUT2D eigenvalue weighted by atomic mass is 10.1. The predicted molar refractivity (Wildman–Crippen MR) is 82.7 cm³/mol. The molecule has 0 aliphatic carbocycles. The Morgan fingerprint density at radius 3 is 2.68 bits per heavy atom. The smallest absolute Gasteiger partial charge is 0.287 e. The third-order valence-electron chi connectivity index (χ3n) is 3.34. The van der Waals surface area contributed by atoms with Crippen molar-refractivity contribution in [2.45, 2.75) is 6.04 Å². The van der Waals surface area contributed by atoms with Gasteiger partial charge in [-0.3, -0.25) is 4.79 Å². The highest BCUT2D eigenvalue weighted by Gasteiger charge is 2.22. The van der Waals surface area contributed by atoms with Crippen LogP contribution in [-0.2, 0) is 7.05 Å². The summed E-state index contributed by atoms with van der Waals surface area (Å²) < 4.78 is 7.00. The predicted octanol–water partition coefficient (Wildman–Crippen LogP) is 3.19. The number of aromatic nitrogens is 2. The van der Waals surface area contributed by atoms with E-state index in [2.05, 4.69) is 10.3 Å². The zero-order chi connectivity index (χ0) is 15.5. The highest BCUT2D eigenvalue weighted by Crippen LogP contribution is 2.22. The van der Waals surface area contributed by atoms with Gasteiger partial charge < -0.3 is 14.3 Å². The molecule has 1 amide bonds. The van der Waals surface area contributed by atoms with Crippen molar-refractivity contribution in [2.75, 3.05) is 0 Å². The van der Waals surface area contributed by atoms with Crippen LogP contribution in [0.3, 0.4) is 0 Å². The number of benzene rings is 1. The van der Waals surface area contributed by atoms with E-state index in [0.29, 0.717) is 5.02 Å². The van der Waals surface area contributed by atoms with Gasteiger partial charge in [0.05, 0.1) is 6.26 Å². The van der Waals surface area contributed by atoms with Crippen molar-refractivity contribution in [3.8, 4) is 0 Å². The van der Waals surface area contributed by atoms with Gasteiger partial charge in [0.25, 0.3) is 5.91 Å². The zero-order valence-electron chi connectivity index (χ0n) is 11.9. The highest BCUT2D eigenvalue weighted by molar-refractivity contribution is 6.30. The van der Waals surface area contributed by atoms with E-state index in [0.717, 1.165) is 11.4 Å². The Morgan fingerprint density at radius 2 is 2.09 bits per heavy atom. The number of hydrogen-bond acceptors (Lipinski definition) is 3. The summed E-state index contributed by atoms with van der Waals surface area (Å²) in [5.41, 5.74) is 0.888. The van der Waals surface area contributed by atoms with Gasteiger partial charge in [-0.2, -0.15) is 0 Å². The Hall–Kier alpha value is -2.53. The number of nitrogens with zero attached hydrogens (tertiary/aromatic N) is 2. The molecule has 1 atom stereocenters. The summed E-state index contributed by atoms with van der Waals surface area (Å²) in [7, 11) is 1.88. The molecule has 1 aromatic carbocycles. The van der Waals surface area contributed by atoms with Gasteiger partial charge in [-0.1, -0.05) is 23.7 Å². The van der Waals surface area contributed by atoms with Crippen molar-refractivity contribution in [1.29, 1.82) is 0 Å². The summed E-state index contributed by atoms with van der Waals surface area (Å²) in [6.45, 7) is 0. The van der Waals surface area contributed by atoms with E-state index in [4.69, 9.17) is 16.0 Å². The van der Waals surface area contributed by atoms with E-state index in [9.17, 15) is 4.79 Å². The SMILES string of the molecule is Cn1ccnc1C(NC(=O)c1ccco1)c1ccc(Cl)cc1. The summed E-state index contributed by atoms with van der Waals surface area (Å²) >= 11 is 5.94. The van der Waals surface area contributed by atoms with Crippen molar-refractivity contribution in [3.05, 3.63) is 77.2 Å². The highest BCUT2D eigenvalue weighted by atomic mass is 35.5. The number of aryl methyl sites for hydroxylation is 1. The number of nitrogens with one attached hydrogen (secondary N) is 1. The van der Waals surface area contributed by atoms with Gasteiger partial charge in [-0.25, -0.2) is 4.98 Å². The number of furan rings is 1. The molecule has 2 heterocycles. The molecule has 0 bridgehead atoms. The zero-order valence-corrected chi connectivity index (χ0v) is 12.6. The number of halogens is 1. The molecule has 1 N–H and O–H groups in total. The van der Waals surface area contributed by atoms with Crippen LogP contribution in [0.1, 0.15) is 28.0 Å². The number of carbonyl (C=O) groups is 1. The summed E-state index contributed by atoms with van der Waals surface area (Å²) in [5, 5.41) is 3.58.